The molecule has 0 radical (unpaired) electrons. The topological polar surface area (TPSA) is 66.9 Å². The molecule has 0 aliphatic rings. The number of hydrogen-bond donors (Lipinski definition) is 2. The summed E-state index contributed by atoms with van der Waals surface area (Å²) >= 11 is 0. The minimum atomic E-state index is -0.387. The van der Waals surface area contributed by atoms with E-state index in [-0.39, 0.29) is 11.9 Å². The van der Waals surface area contributed by atoms with Crippen LogP contribution in [0.4, 0.5) is 0 Å². The Balaban J connectivity index is 1.63. The second kappa shape index (κ2) is 11.2. The van der Waals surface area contributed by atoms with Gasteiger partial charge in [-0.3, -0.25) is 14.8 Å². The van der Waals surface area contributed by atoms with Gasteiger partial charge in [-0.2, -0.15) is 0 Å². The van der Waals surface area contributed by atoms with Gasteiger partial charge in [0.2, 0.25) is 5.91 Å². The third kappa shape index (κ3) is 6.49. The molecule has 0 spiro atoms. The molecule has 0 fully saturated rings. The SMILES string of the molecule is CC(C)c1ccc(C(NCCc2ccncc2)C(=O)NCCc2cccnc2)cc1. The number of nitrogens with zero attached hydrogens (tertiary/aromatic N) is 2. The number of amides is 1. The number of carbonyl (C=O) groups excluding carboxylic acids is 1. The van der Waals surface area contributed by atoms with Crippen molar-refractivity contribution in [3.8, 4) is 0 Å². The van der Waals surface area contributed by atoms with Gasteiger partial charge in [-0.05, 0) is 59.2 Å². The molecule has 156 valence electrons. The summed E-state index contributed by atoms with van der Waals surface area (Å²) < 4.78 is 0. The maximum atomic E-state index is 13.0. The number of rotatable bonds is 10. The molecule has 1 unspecified atom stereocenters. The van der Waals surface area contributed by atoms with E-state index in [0.29, 0.717) is 19.0 Å². The Hall–Kier alpha value is -3.05. The molecule has 0 bridgehead atoms. The van der Waals surface area contributed by atoms with Crippen LogP contribution in [0.5, 0.6) is 0 Å². The molecule has 30 heavy (non-hydrogen) atoms. The smallest absolute Gasteiger partial charge is 0.241 e. The van der Waals surface area contributed by atoms with Gasteiger partial charge in [-0.15, -0.1) is 0 Å². The fourth-order valence-electron chi connectivity index (χ4n) is 3.32. The molecule has 0 saturated carbocycles. The highest BCUT2D eigenvalue weighted by molar-refractivity contribution is 5.83. The van der Waals surface area contributed by atoms with Gasteiger partial charge in [0.05, 0.1) is 0 Å². The van der Waals surface area contributed by atoms with E-state index in [9.17, 15) is 4.79 Å². The van der Waals surface area contributed by atoms with Crippen molar-refractivity contribution in [3.63, 3.8) is 0 Å². The van der Waals surface area contributed by atoms with Crippen LogP contribution in [-0.2, 0) is 17.6 Å². The molecule has 2 heterocycles. The first kappa shape index (κ1) is 21.7. The first-order valence-electron chi connectivity index (χ1n) is 10.5. The lowest BCUT2D eigenvalue weighted by atomic mass is 9.98. The van der Waals surface area contributed by atoms with Gasteiger partial charge in [0.25, 0.3) is 0 Å². The summed E-state index contributed by atoms with van der Waals surface area (Å²) in [6.45, 7) is 5.63. The van der Waals surface area contributed by atoms with Crippen molar-refractivity contribution in [3.05, 3.63) is 95.6 Å². The molecule has 0 aliphatic heterocycles. The van der Waals surface area contributed by atoms with E-state index in [4.69, 9.17) is 0 Å². The molecule has 3 aromatic rings. The summed E-state index contributed by atoms with van der Waals surface area (Å²) in [6, 6.07) is 15.9. The van der Waals surface area contributed by atoms with Crippen LogP contribution in [0.3, 0.4) is 0 Å². The zero-order valence-corrected chi connectivity index (χ0v) is 17.7. The summed E-state index contributed by atoms with van der Waals surface area (Å²) in [5.74, 6) is 0.455. The minimum Gasteiger partial charge on any atom is -0.354 e. The molecule has 0 saturated heterocycles. The highest BCUT2D eigenvalue weighted by Gasteiger charge is 2.20. The molecule has 5 nitrogen and oxygen atoms in total. The summed E-state index contributed by atoms with van der Waals surface area (Å²) in [7, 11) is 0. The summed E-state index contributed by atoms with van der Waals surface area (Å²) in [5, 5.41) is 6.51. The third-order valence-electron chi connectivity index (χ3n) is 5.15. The van der Waals surface area contributed by atoms with Crippen molar-refractivity contribution < 1.29 is 4.79 Å². The van der Waals surface area contributed by atoms with E-state index < -0.39 is 0 Å². The van der Waals surface area contributed by atoms with E-state index in [1.54, 1.807) is 18.6 Å². The molecule has 2 aromatic heterocycles. The van der Waals surface area contributed by atoms with Crippen molar-refractivity contribution in [2.24, 2.45) is 0 Å². The van der Waals surface area contributed by atoms with Crippen LogP contribution in [0, 0.1) is 0 Å². The van der Waals surface area contributed by atoms with E-state index >= 15 is 0 Å². The standard InChI is InChI=1S/C25H30N4O/c1-19(2)22-5-7-23(8-6-22)24(28-16-11-20-9-14-26-15-10-20)25(30)29-17-12-21-4-3-13-27-18-21/h3-10,13-15,18-19,24,28H,11-12,16-17H2,1-2H3,(H,29,30). The first-order chi connectivity index (χ1) is 14.6. The Morgan fingerprint density at radius 1 is 0.833 bits per heavy atom. The fraction of sp³-hybridized carbons (Fsp3) is 0.320. The molecular weight excluding hydrogens is 372 g/mol. The van der Waals surface area contributed by atoms with Crippen molar-refractivity contribution in [2.45, 2.75) is 38.6 Å². The quantitative estimate of drug-likeness (QED) is 0.541. The monoisotopic (exact) mass is 402 g/mol. The van der Waals surface area contributed by atoms with Crippen molar-refractivity contribution in [2.75, 3.05) is 13.1 Å². The fourth-order valence-corrected chi connectivity index (χ4v) is 3.32. The van der Waals surface area contributed by atoms with Gasteiger partial charge in [-0.1, -0.05) is 44.2 Å². The molecular formula is C25H30N4O. The Morgan fingerprint density at radius 3 is 2.20 bits per heavy atom. The minimum absolute atomic E-state index is 0.00841. The van der Waals surface area contributed by atoms with Gasteiger partial charge in [0.1, 0.15) is 6.04 Å². The van der Waals surface area contributed by atoms with Crippen LogP contribution in [-0.4, -0.2) is 29.0 Å². The maximum Gasteiger partial charge on any atom is 0.241 e. The Bertz CT molecular complexity index is 895. The summed E-state index contributed by atoms with van der Waals surface area (Å²) in [6.07, 6.45) is 8.78. The summed E-state index contributed by atoms with van der Waals surface area (Å²) in [5.41, 5.74) is 4.56. The number of benzene rings is 1. The number of nitrogens with one attached hydrogen (secondary N) is 2. The van der Waals surface area contributed by atoms with Gasteiger partial charge < -0.3 is 10.6 Å². The predicted octanol–water partition coefficient (Wildman–Crippen LogP) is 3.83. The van der Waals surface area contributed by atoms with Crippen LogP contribution in [0.25, 0.3) is 0 Å². The van der Waals surface area contributed by atoms with E-state index in [1.165, 1.54) is 11.1 Å². The van der Waals surface area contributed by atoms with Crippen LogP contribution in [0.1, 0.15) is 48.1 Å². The van der Waals surface area contributed by atoms with Crippen LogP contribution in [0.2, 0.25) is 0 Å². The van der Waals surface area contributed by atoms with E-state index in [2.05, 4.69) is 58.7 Å². The molecule has 1 atom stereocenters. The molecule has 1 aromatic carbocycles. The molecule has 3 rings (SSSR count). The number of aromatic nitrogens is 2. The Kier molecular flexibility index (Phi) is 8.10. The van der Waals surface area contributed by atoms with Gasteiger partial charge in [0.15, 0.2) is 0 Å². The number of hydrogen-bond acceptors (Lipinski definition) is 4. The van der Waals surface area contributed by atoms with Crippen molar-refractivity contribution in [1.82, 2.24) is 20.6 Å². The van der Waals surface area contributed by atoms with Gasteiger partial charge >= 0.3 is 0 Å². The van der Waals surface area contributed by atoms with Crippen molar-refractivity contribution >= 4 is 5.91 Å². The number of carbonyl (C=O) groups is 1. The van der Waals surface area contributed by atoms with Crippen molar-refractivity contribution in [1.29, 1.82) is 0 Å². The summed E-state index contributed by atoms with van der Waals surface area (Å²) in [4.78, 5) is 21.2. The largest absolute Gasteiger partial charge is 0.354 e. The lowest BCUT2D eigenvalue weighted by molar-refractivity contribution is -0.123. The zero-order chi connectivity index (χ0) is 21.2. The Morgan fingerprint density at radius 2 is 1.53 bits per heavy atom. The van der Waals surface area contributed by atoms with Crippen LogP contribution < -0.4 is 10.6 Å². The average molecular weight is 403 g/mol. The van der Waals surface area contributed by atoms with Crippen LogP contribution in [0.15, 0.2) is 73.3 Å². The van der Waals surface area contributed by atoms with Gasteiger partial charge in [0, 0.05) is 37.9 Å². The third-order valence-corrected chi connectivity index (χ3v) is 5.15. The number of pyridine rings is 2. The molecule has 0 aliphatic carbocycles. The van der Waals surface area contributed by atoms with E-state index in [1.807, 2.05) is 30.5 Å². The van der Waals surface area contributed by atoms with E-state index in [0.717, 1.165) is 24.0 Å². The second-order valence-corrected chi connectivity index (χ2v) is 7.72. The highest BCUT2D eigenvalue weighted by atomic mass is 16.2. The van der Waals surface area contributed by atoms with Gasteiger partial charge in [-0.25, -0.2) is 0 Å². The zero-order valence-electron chi connectivity index (χ0n) is 17.7. The lowest BCUT2D eigenvalue weighted by Crippen LogP contribution is -2.39. The molecule has 2 N–H and O–H groups in total. The lowest BCUT2D eigenvalue weighted by Gasteiger charge is -2.20. The molecule has 5 heteroatoms. The highest BCUT2D eigenvalue weighted by Crippen LogP contribution is 2.19. The predicted molar refractivity (Wildman–Crippen MR) is 120 cm³/mol. The second-order valence-electron chi connectivity index (χ2n) is 7.72. The first-order valence-corrected chi connectivity index (χ1v) is 10.5. The molecule has 1 amide bonds. The normalized spacial score (nSPS) is 12.0. The Labute approximate surface area is 179 Å². The average Bonchev–Trinajstić information content (AvgIpc) is 2.78. The maximum absolute atomic E-state index is 13.0. The van der Waals surface area contributed by atoms with Crippen LogP contribution >= 0.6 is 0 Å².